The summed E-state index contributed by atoms with van der Waals surface area (Å²) in [7, 11) is 0. The Morgan fingerprint density at radius 2 is 2.33 bits per heavy atom. The maximum absolute atomic E-state index is 10.8. The standard InChI is InChI=1S/C10H13N3O2/c14-10(15)7-5-9-11-4-3-8(6-1-2-6)13(9)12-7/h5-6,8,11H,1-4H2,(H,14,15). The number of rotatable bonds is 2. The maximum Gasteiger partial charge on any atom is 0.356 e. The number of nitrogens with one attached hydrogen (secondary N) is 1. The van der Waals surface area contributed by atoms with Gasteiger partial charge in [-0.1, -0.05) is 0 Å². The van der Waals surface area contributed by atoms with Crippen LogP contribution in [-0.4, -0.2) is 27.4 Å². The third-order valence-corrected chi connectivity index (χ3v) is 3.18. The summed E-state index contributed by atoms with van der Waals surface area (Å²) in [5, 5.41) is 16.2. The van der Waals surface area contributed by atoms with E-state index < -0.39 is 5.97 Å². The molecule has 2 aliphatic rings. The summed E-state index contributed by atoms with van der Waals surface area (Å²) in [6.07, 6.45) is 3.57. The molecule has 2 N–H and O–H groups in total. The molecule has 1 aromatic rings. The molecule has 1 saturated carbocycles. The van der Waals surface area contributed by atoms with E-state index in [1.165, 1.54) is 12.8 Å². The second-order valence-corrected chi connectivity index (χ2v) is 4.28. The molecule has 1 aliphatic heterocycles. The molecule has 5 heteroatoms. The van der Waals surface area contributed by atoms with Crippen LogP contribution in [0.15, 0.2) is 6.07 Å². The van der Waals surface area contributed by atoms with Crippen LogP contribution >= 0.6 is 0 Å². The summed E-state index contributed by atoms with van der Waals surface area (Å²) in [5.41, 5.74) is 0.144. The normalized spacial score (nSPS) is 24.4. The number of carboxylic acid groups (broad SMARTS) is 1. The third-order valence-electron chi connectivity index (χ3n) is 3.18. The minimum absolute atomic E-state index is 0.144. The summed E-state index contributed by atoms with van der Waals surface area (Å²) < 4.78 is 1.87. The van der Waals surface area contributed by atoms with E-state index in [0.29, 0.717) is 12.0 Å². The molecule has 0 bridgehead atoms. The van der Waals surface area contributed by atoms with E-state index in [-0.39, 0.29) is 5.69 Å². The molecule has 0 aromatic carbocycles. The number of aromatic carboxylic acids is 1. The van der Waals surface area contributed by atoms with Crippen molar-refractivity contribution in [3.05, 3.63) is 11.8 Å². The highest BCUT2D eigenvalue weighted by molar-refractivity contribution is 5.86. The molecule has 1 fully saturated rings. The van der Waals surface area contributed by atoms with Gasteiger partial charge in [0.1, 0.15) is 5.82 Å². The molecule has 3 rings (SSSR count). The minimum atomic E-state index is -0.951. The fourth-order valence-electron chi connectivity index (χ4n) is 2.27. The number of aromatic nitrogens is 2. The first-order valence-electron chi connectivity index (χ1n) is 5.32. The first-order valence-corrected chi connectivity index (χ1v) is 5.32. The van der Waals surface area contributed by atoms with E-state index in [2.05, 4.69) is 10.4 Å². The number of carboxylic acids is 1. The fraction of sp³-hybridized carbons (Fsp3) is 0.600. The van der Waals surface area contributed by atoms with Gasteiger partial charge in [0.05, 0.1) is 6.04 Å². The predicted octanol–water partition coefficient (Wildman–Crippen LogP) is 1.35. The lowest BCUT2D eigenvalue weighted by Gasteiger charge is -2.25. The van der Waals surface area contributed by atoms with Gasteiger partial charge < -0.3 is 10.4 Å². The van der Waals surface area contributed by atoms with Crippen molar-refractivity contribution >= 4 is 11.8 Å². The Kier molecular flexibility index (Phi) is 1.74. The SMILES string of the molecule is O=C(O)c1cc2n(n1)C(C1CC1)CCN2. The van der Waals surface area contributed by atoms with Crippen molar-refractivity contribution in [2.75, 3.05) is 11.9 Å². The first-order chi connectivity index (χ1) is 7.25. The predicted molar refractivity (Wildman–Crippen MR) is 54.1 cm³/mol. The zero-order valence-electron chi connectivity index (χ0n) is 8.31. The lowest BCUT2D eigenvalue weighted by atomic mass is 10.1. The summed E-state index contributed by atoms with van der Waals surface area (Å²) in [6.45, 7) is 0.923. The molecule has 2 heterocycles. The monoisotopic (exact) mass is 207 g/mol. The third kappa shape index (κ3) is 1.38. The minimum Gasteiger partial charge on any atom is -0.476 e. The lowest BCUT2D eigenvalue weighted by Crippen LogP contribution is -2.24. The van der Waals surface area contributed by atoms with E-state index in [9.17, 15) is 4.79 Å². The fourth-order valence-corrected chi connectivity index (χ4v) is 2.27. The van der Waals surface area contributed by atoms with Gasteiger partial charge in [0, 0.05) is 12.6 Å². The van der Waals surface area contributed by atoms with Crippen LogP contribution in [0.3, 0.4) is 0 Å². The second-order valence-electron chi connectivity index (χ2n) is 4.28. The van der Waals surface area contributed by atoms with Crippen molar-refractivity contribution in [2.24, 2.45) is 5.92 Å². The van der Waals surface area contributed by atoms with Gasteiger partial charge >= 0.3 is 5.97 Å². The van der Waals surface area contributed by atoms with Crippen molar-refractivity contribution < 1.29 is 9.90 Å². The number of hydrogen-bond acceptors (Lipinski definition) is 3. The van der Waals surface area contributed by atoms with Crippen molar-refractivity contribution in [1.29, 1.82) is 0 Å². The molecule has 5 nitrogen and oxygen atoms in total. The van der Waals surface area contributed by atoms with Crippen molar-refractivity contribution in [2.45, 2.75) is 25.3 Å². The Bertz CT molecular complexity index is 409. The molecule has 0 amide bonds. The van der Waals surface area contributed by atoms with Crippen LogP contribution in [0.2, 0.25) is 0 Å². The molecule has 1 aromatic heterocycles. The molecular weight excluding hydrogens is 194 g/mol. The van der Waals surface area contributed by atoms with Gasteiger partial charge in [0.25, 0.3) is 0 Å². The van der Waals surface area contributed by atoms with Crippen molar-refractivity contribution in [3.8, 4) is 0 Å². The summed E-state index contributed by atoms with van der Waals surface area (Å²) in [4.78, 5) is 10.8. The van der Waals surface area contributed by atoms with Gasteiger partial charge in [-0.05, 0) is 25.2 Å². The first kappa shape index (κ1) is 8.76. The highest BCUT2D eigenvalue weighted by Crippen LogP contribution is 2.43. The van der Waals surface area contributed by atoms with Crippen molar-refractivity contribution in [1.82, 2.24) is 9.78 Å². The summed E-state index contributed by atoms with van der Waals surface area (Å²) in [6, 6.07) is 2.03. The second kappa shape index (κ2) is 2.98. The lowest BCUT2D eigenvalue weighted by molar-refractivity contribution is 0.0689. The smallest absolute Gasteiger partial charge is 0.356 e. The number of fused-ring (bicyclic) bond motifs is 1. The number of anilines is 1. The molecule has 0 saturated heterocycles. The molecule has 1 unspecified atom stereocenters. The van der Waals surface area contributed by atoms with Crippen LogP contribution in [0.4, 0.5) is 5.82 Å². The molecule has 0 radical (unpaired) electrons. The van der Waals surface area contributed by atoms with E-state index in [0.717, 1.165) is 18.8 Å². The van der Waals surface area contributed by atoms with Gasteiger partial charge in [0.2, 0.25) is 0 Å². The molecule has 0 spiro atoms. The Morgan fingerprint density at radius 1 is 1.53 bits per heavy atom. The number of hydrogen-bond donors (Lipinski definition) is 2. The summed E-state index contributed by atoms with van der Waals surface area (Å²) in [5.74, 6) is 0.621. The average Bonchev–Trinajstić information content (AvgIpc) is 2.95. The Morgan fingerprint density at radius 3 is 3.00 bits per heavy atom. The van der Waals surface area contributed by atoms with Crippen LogP contribution in [0.5, 0.6) is 0 Å². The van der Waals surface area contributed by atoms with E-state index in [1.807, 2.05) is 4.68 Å². The van der Waals surface area contributed by atoms with Gasteiger partial charge in [-0.15, -0.1) is 0 Å². The quantitative estimate of drug-likeness (QED) is 0.768. The zero-order valence-corrected chi connectivity index (χ0v) is 8.31. The highest BCUT2D eigenvalue weighted by atomic mass is 16.4. The Hall–Kier alpha value is -1.52. The molecule has 1 aliphatic carbocycles. The van der Waals surface area contributed by atoms with Gasteiger partial charge in [0.15, 0.2) is 5.69 Å². The van der Waals surface area contributed by atoms with Crippen LogP contribution < -0.4 is 5.32 Å². The maximum atomic E-state index is 10.8. The van der Waals surface area contributed by atoms with Crippen LogP contribution in [0.25, 0.3) is 0 Å². The van der Waals surface area contributed by atoms with Gasteiger partial charge in [-0.2, -0.15) is 5.10 Å². The topological polar surface area (TPSA) is 67.1 Å². The van der Waals surface area contributed by atoms with E-state index in [4.69, 9.17) is 5.11 Å². The van der Waals surface area contributed by atoms with Crippen LogP contribution in [-0.2, 0) is 0 Å². The van der Waals surface area contributed by atoms with E-state index in [1.54, 1.807) is 6.07 Å². The van der Waals surface area contributed by atoms with Gasteiger partial charge in [-0.25, -0.2) is 9.48 Å². The Balaban J connectivity index is 1.98. The molecule has 1 atom stereocenters. The zero-order chi connectivity index (χ0) is 10.4. The molecule has 15 heavy (non-hydrogen) atoms. The largest absolute Gasteiger partial charge is 0.476 e. The summed E-state index contributed by atoms with van der Waals surface area (Å²) >= 11 is 0. The van der Waals surface area contributed by atoms with E-state index >= 15 is 0 Å². The molecular formula is C10H13N3O2. The number of carbonyl (C=O) groups is 1. The van der Waals surface area contributed by atoms with Crippen LogP contribution in [0.1, 0.15) is 35.8 Å². The van der Waals surface area contributed by atoms with Crippen molar-refractivity contribution in [3.63, 3.8) is 0 Å². The van der Waals surface area contributed by atoms with Gasteiger partial charge in [-0.3, -0.25) is 0 Å². The highest BCUT2D eigenvalue weighted by Gasteiger charge is 2.36. The van der Waals surface area contributed by atoms with Crippen LogP contribution in [0, 0.1) is 5.92 Å². The molecule has 80 valence electrons. The average molecular weight is 207 g/mol. The number of nitrogens with zero attached hydrogens (tertiary/aromatic N) is 2. The Labute approximate surface area is 87.1 Å².